The van der Waals surface area contributed by atoms with E-state index in [9.17, 15) is 9.90 Å². The Kier molecular flexibility index (Phi) is 6.09. The van der Waals surface area contributed by atoms with Crippen LogP contribution < -0.4 is 0 Å². The minimum absolute atomic E-state index is 0.0252. The lowest BCUT2D eigenvalue weighted by Crippen LogP contribution is -2.46. The molecule has 1 aliphatic heterocycles. The van der Waals surface area contributed by atoms with Gasteiger partial charge in [0.05, 0.1) is 6.10 Å². The fourth-order valence-corrected chi connectivity index (χ4v) is 3.15. The average Bonchev–Trinajstić information content (AvgIpc) is 2.46. The van der Waals surface area contributed by atoms with Crippen LogP contribution >= 0.6 is 15.9 Å². The second kappa shape index (κ2) is 7.67. The van der Waals surface area contributed by atoms with Gasteiger partial charge < -0.3 is 14.7 Å². The van der Waals surface area contributed by atoms with Crippen LogP contribution in [0.2, 0.25) is 0 Å². The van der Waals surface area contributed by atoms with E-state index in [0.29, 0.717) is 13.0 Å². The van der Waals surface area contributed by atoms with Gasteiger partial charge in [0.25, 0.3) is 0 Å². The van der Waals surface area contributed by atoms with Crippen LogP contribution in [0.5, 0.6) is 0 Å². The second-order valence-corrected chi connectivity index (χ2v) is 8.04. The molecule has 0 aromatic heterocycles. The molecule has 5 heteroatoms. The molecule has 1 aromatic carbocycles. The Morgan fingerprint density at radius 2 is 2.00 bits per heavy atom. The van der Waals surface area contributed by atoms with Gasteiger partial charge in [0, 0.05) is 17.1 Å². The SMILES string of the molecule is CC(C)(C)OC(=O)N1CCCCC1CC(O)c1ccc(Br)cc1. The van der Waals surface area contributed by atoms with Gasteiger partial charge in [-0.25, -0.2) is 4.79 Å². The summed E-state index contributed by atoms with van der Waals surface area (Å²) >= 11 is 3.40. The van der Waals surface area contributed by atoms with Gasteiger partial charge in [-0.15, -0.1) is 0 Å². The van der Waals surface area contributed by atoms with E-state index in [1.54, 1.807) is 4.90 Å². The van der Waals surface area contributed by atoms with Crippen LogP contribution in [0.15, 0.2) is 28.7 Å². The van der Waals surface area contributed by atoms with E-state index in [1.165, 1.54) is 0 Å². The summed E-state index contributed by atoms with van der Waals surface area (Å²) in [5, 5.41) is 10.5. The molecule has 0 bridgehead atoms. The van der Waals surface area contributed by atoms with Crippen molar-refractivity contribution in [1.29, 1.82) is 0 Å². The van der Waals surface area contributed by atoms with E-state index in [0.717, 1.165) is 29.3 Å². The molecule has 1 saturated heterocycles. The fourth-order valence-electron chi connectivity index (χ4n) is 2.89. The molecule has 1 amide bonds. The first kappa shape index (κ1) is 18.3. The fraction of sp³-hybridized carbons (Fsp3) is 0.611. The number of nitrogens with zero attached hydrogens (tertiary/aromatic N) is 1. The molecule has 2 rings (SSSR count). The van der Waals surface area contributed by atoms with Crippen molar-refractivity contribution in [2.24, 2.45) is 0 Å². The van der Waals surface area contributed by atoms with Gasteiger partial charge in [0.15, 0.2) is 0 Å². The lowest BCUT2D eigenvalue weighted by molar-refractivity contribution is 0.00237. The predicted octanol–water partition coefficient (Wildman–Crippen LogP) is 4.66. The maximum Gasteiger partial charge on any atom is 0.410 e. The first-order valence-electron chi connectivity index (χ1n) is 8.19. The first-order valence-corrected chi connectivity index (χ1v) is 8.99. The van der Waals surface area contributed by atoms with Gasteiger partial charge in [-0.05, 0) is 64.2 Å². The molecular formula is C18H26BrNO3. The van der Waals surface area contributed by atoms with Crippen LogP contribution in [0, 0.1) is 0 Å². The highest BCUT2D eigenvalue weighted by molar-refractivity contribution is 9.10. The number of aliphatic hydroxyl groups excluding tert-OH is 1. The molecule has 1 fully saturated rings. The van der Waals surface area contributed by atoms with Crippen LogP contribution in [0.4, 0.5) is 4.79 Å². The van der Waals surface area contributed by atoms with E-state index in [4.69, 9.17) is 4.74 Å². The Morgan fingerprint density at radius 1 is 1.35 bits per heavy atom. The number of hydrogen-bond acceptors (Lipinski definition) is 3. The molecular weight excluding hydrogens is 358 g/mol. The van der Waals surface area contributed by atoms with E-state index in [-0.39, 0.29) is 12.1 Å². The summed E-state index contributed by atoms with van der Waals surface area (Å²) in [4.78, 5) is 14.2. The third-order valence-corrected chi connectivity index (χ3v) is 4.53. The van der Waals surface area contributed by atoms with Crippen LogP contribution in [-0.4, -0.2) is 34.3 Å². The number of carbonyl (C=O) groups excluding carboxylic acids is 1. The van der Waals surface area contributed by atoms with Crippen molar-refractivity contribution in [2.45, 2.75) is 64.2 Å². The highest BCUT2D eigenvalue weighted by Crippen LogP contribution is 2.28. The van der Waals surface area contributed by atoms with Crippen molar-refractivity contribution >= 4 is 22.0 Å². The molecule has 1 aliphatic rings. The predicted molar refractivity (Wildman–Crippen MR) is 94.3 cm³/mol. The molecule has 1 N–H and O–H groups in total. The third-order valence-electron chi connectivity index (χ3n) is 4.01. The zero-order chi connectivity index (χ0) is 17.0. The summed E-state index contributed by atoms with van der Waals surface area (Å²) in [6.07, 6.45) is 2.68. The minimum atomic E-state index is -0.573. The quantitative estimate of drug-likeness (QED) is 0.825. The Bertz CT molecular complexity index is 524. The van der Waals surface area contributed by atoms with Crippen molar-refractivity contribution in [3.8, 4) is 0 Å². The average molecular weight is 384 g/mol. The molecule has 0 aliphatic carbocycles. The van der Waals surface area contributed by atoms with Gasteiger partial charge in [0.2, 0.25) is 0 Å². The van der Waals surface area contributed by atoms with E-state index < -0.39 is 11.7 Å². The number of ether oxygens (including phenoxy) is 1. The number of likely N-dealkylation sites (tertiary alicyclic amines) is 1. The molecule has 1 aromatic rings. The molecule has 23 heavy (non-hydrogen) atoms. The van der Waals surface area contributed by atoms with Crippen LogP contribution in [0.25, 0.3) is 0 Å². The van der Waals surface area contributed by atoms with E-state index in [1.807, 2.05) is 45.0 Å². The number of piperidine rings is 1. The largest absolute Gasteiger partial charge is 0.444 e. The lowest BCUT2D eigenvalue weighted by atomic mass is 9.94. The van der Waals surface area contributed by atoms with E-state index in [2.05, 4.69) is 15.9 Å². The molecule has 0 spiro atoms. The highest BCUT2D eigenvalue weighted by atomic mass is 79.9. The topological polar surface area (TPSA) is 49.8 Å². The minimum Gasteiger partial charge on any atom is -0.444 e. The standard InChI is InChI=1S/C18H26BrNO3/c1-18(2,3)23-17(22)20-11-5-4-6-15(20)12-16(21)13-7-9-14(19)10-8-13/h7-10,15-16,21H,4-6,11-12H2,1-3H3. The number of hydrogen-bond donors (Lipinski definition) is 1. The number of amides is 1. The molecule has 4 nitrogen and oxygen atoms in total. The Hall–Kier alpha value is -1.07. The van der Waals surface area contributed by atoms with E-state index >= 15 is 0 Å². The van der Waals surface area contributed by atoms with Crippen LogP contribution in [-0.2, 0) is 4.74 Å². The summed E-state index contributed by atoms with van der Waals surface area (Å²) in [5.74, 6) is 0. The van der Waals surface area contributed by atoms with Crippen molar-refractivity contribution in [1.82, 2.24) is 4.90 Å². The summed E-state index contributed by atoms with van der Waals surface area (Å²) in [7, 11) is 0. The molecule has 2 atom stereocenters. The van der Waals surface area contributed by atoms with Gasteiger partial charge in [-0.1, -0.05) is 28.1 Å². The maximum absolute atomic E-state index is 12.4. The summed E-state index contributed by atoms with van der Waals surface area (Å²) < 4.78 is 6.50. The summed E-state index contributed by atoms with van der Waals surface area (Å²) in [5.41, 5.74) is 0.381. The number of benzene rings is 1. The first-order chi connectivity index (χ1) is 10.8. The third kappa shape index (κ3) is 5.50. The number of rotatable bonds is 3. The molecule has 2 unspecified atom stereocenters. The summed E-state index contributed by atoms with van der Waals surface area (Å²) in [6.45, 7) is 6.33. The Morgan fingerprint density at radius 3 is 2.61 bits per heavy atom. The van der Waals surface area contributed by atoms with Gasteiger partial charge in [0.1, 0.15) is 5.60 Å². The van der Waals surface area contributed by atoms with Crippen LogP contribution in [0.3, 0.4) is 0 Å². The van der Waals surface area contributed by atoms with Crippen molar-refractivity contribution < 1.29 is 14.6 Å². The highest BCUT2D eigenvalue weighted by Gasteiger charge is 2.31. The van der Waals surface area contributed by atoms with Gasteiger partial charge in [-0.2, -0.15) is 0 Å². The normalized spacial score (nSPS) is 20.2. The number of aliphatic hydroxyl groups is 1. The number of halogens is 1. The van der Waals surface area contributed by atoms with Crippen molar-refractivity contribution in [3.05, 3.63) is 34.3 Å². The Labute approximate surface area is 147 Å². The van der Waals surface area contributed by atoms with Crippen molar-refractivity contribution in [2.75, 3.05) is 6.54 Å². The number of carbonyl (C=O) groups is 1. The van der Waals surface area contributed by atoms with Gasteiger partial charge in [-0.3, -0.25) is 0 Å². The lowest BCUT2D eigenvalue weighted by Gasteiger charge is -2.37. The Balaban J connectivity index is 2.03. The smallest absolute Gasteiger partial charge is 0.410 e. The van der Waals surface area contributed by atoms with Crippen molar-refractivity contribution in [3.63, 3.8) is 0 Å². The molecule has 1 heterocycles. The molecule has 0 radical (unpaired) electrons. The molecule has 128 valence electrons. The van der Waals surface area contributed by atoms with Gasteiger partial charge >= 0.3 is 6.09 Å². The zero-order valence-electron chi connectivity index (χ0n) is 14.1. The maximum atomic E-state index is 12.4. The molecule has 0 saturated carbocycles. The zero-order valence-corrected chi connectivity index (χ0v) is 15.7. The van der Waals surface area contributed by atoms with Crippen LogP contribution in [0.1, 0.15) is 58.1 Å². The second-order valence-electron chi connectivity index (χ2n) is 7.13. The summed E-state index contributed by atoms with van der Waals surface area (Å²) in [6, 6.07) is 7.69. The monoisotopic (exact) mass is 383 g/mol.